The van der Waals surface area contributed by atoms with Gasteiger partial charge in [-0.1, -0.05) is 12.1 Å². The Morgan fingerprint density at radius 3 is 1.16 bits per heavy atom. The Bertz CT molecular complexity index is 1300. The lowest BCUT2D eigenvalue weighted by molar-refractivity contribution is 0.180. The van der Waals surface area contributed by atoms with Crippen LogP contribution in [0.25, 0.3) is 22.3 Å². The van der Waals surface area contributed by atoms with Gasteiger partial charge in [0.05, 0.1) is 26.4 Å². The van der Waals surface area contributed by atoms with Crippen LogP contribution >= 0.6 is 0 Å². The third-order valence-electron chi connectivity index (χ3n) is 7.66. The number of pyridine rings is 2. The quantitative estimate of drug-likeness (QED) is 0.198. The lowest BCUT2D eigenvalue weighted by Gasteiger charge is -2.23. The first kappa shape index (κ1) is 30.6. The molecule has 8 nitrogen and oxygen atoms in total. The minimum atomic E-state index is 0.564. The molecule has 0 spiro atoms. The topological polar surface area (TPSA) is 69.2 Å². The van der Waals surface area contributed by atoms with Gasteiger partial charge in [0.15, 0.2) is 0 Å². The highest BCUT2D eigenvalue weighted by Gasteiger charge is 2.18. The normalized spacial score (nSPS) is 13.8. The first-order chi connectivity index (χ1) is 21.1. The van der Waals surface area contributed by atoms with E-state index in [9.17, 15) is 0 Å². The number of methoxy groups -OCH3 is 4. The fourth-order valence-electron chi connectivity index (χ4n) is 5.72. The van der Waals surface area contributed by atoms with Gasteiger partial charge in [-0.05, 0) is 88.3 Å². The van der Waals surface area contributed by atoms with Crippen molar-refractivity contribution in [1.82, 2.24) is 9.97 Å². The number of benzene rings is 2. The van der Waals surface area contributed by atoms with Crippen molar-refractivity contribution in [3.8, 4) is 22.3 Å². The molecule has 5 rings (SSSR count). The van der Waals surface area contributed by atoms with Crippen LogP contribution in [0.3, 0.4) is 0 Å². The highest BCUT2D eigenvalue weighted by molar-refractivity contribution is 5.67. The van der Waals surface area contributed by atoms with E-state index in [2.05, 4.69) is 70.5 Å². The maximum atomic E-state index is 5.37. The van der Waals surface area contributed by atoms with E-state index in [0.29, 0.717) is 26.4 Å². The van der Waals surface area contributed by atoms with Crippen molar-refractivity contribution in [2.75, 3.05) is 64.4 Å². The average Bonchev–Trinajstić information content (AvgIpc) is 3.28. The number of aromatic nitrogens is 2. The summed E-state index contributed by atoms with van der Waals surface area (Å²) in [5, 5.41) is 0. The Kier molecular flexibility index (Phi) is 10.7. The van der Waals surface area contributed by atoms with Crippen molar-refractivity contribution in [2.24, 2.45) is 0 Å². The Balaban J connectivity index is 1.25. The van der Waals surface area contributed by atoms with E-state index in [1.165, 1.54) is 0 Å². The monoisotopic (exact) mass is 582 g/mol. The van der Waals surface area contributed by atoms with Gasteiger partial charge >= 0.3 is 0 Å². The third-order valence-corrected chi connectivity index (χ3v) is 7.66. The van der Waals surface area contributed by atoms with Gasteiger partial charge < -0.3 is 28.7 Å². The Labute approximate surface area is 255 Å². The van der Waals surface area contributed by atoms with E-state index in [4.69, 9.17) is 28.9 Å². The maximum absolute atomic E-state index is 5.37. The van der Waals surface area contributed by atoms with Crippen molar-refractivity contribution in [3.63, 3.8) is 0 Å². The Hall–Kier alpha value is -3.82. The number of hydrogen-bond acceptors (Lipinski definition) is 8. The number of rotatable bonds is 12. The number of nitrogens with zero attached hydrogens (tertiary/aromatic N) is 4. The largest absolute Gasteiger partial charge is 0.380 e. The molecule has 3 heterocycles. The number of hydrogen-bond donors (Lipinski definition) is 0. The summed E-state index contributed by atoms with van der Waals surface area (Å²) in [5.74, 6) is 2.00. The van der Waals surface area contributed by atoms with Crippen LogP contribution in [-0.2, 0) is 45.4 Å². The molecule has 0 radical (unpaired) electrons. The van der Waals surface area contributed by atoms with Crippen molar-refractivity contribution in [1.29, 1.82) is 0 Å². The average molecular weight is 583 g/mol. The molecule has 0 atom stereocenters. The standard InChI is InChI=1S/C35H42N4O4/c1-40-22-26-14-27(23-41-2)17-32(16-26)30-6-8-34(36-20-30)38-10-5-11-39(13-12-38)35-9-7-31(21-37-35)33-18-28(24-42-3)15-29(19-33)25-43-4/h6-9,14-21H,5,10-13,22-25H2,1-4H3. The predicted octanol–water partition coefficient (Wildman–Crippen LogP) is 6.11. The van der Waals surface area contributed by atoms with Crippen LogP contribution in [0.1, 0.15) is 28.7 Å². The van der Waals surface area contributed by atoms with E-state index in [1.54, 1.807) is 28.4 Å². The number of anilines is 2. The van der Waals surface area contributed by atoms with E-state index in [0.717, 1.165) is 88.7 Å². The smallest absolute Gasteiger partial charge is 0.128 e. The fraction of sp³-hybridized carbons (Fsp3) is 0.371. The fourth-order valence-corrected chi connectivity index (χ4v) is 5.72. The van der Waals surface area contributed by atoms with Crippen LogP contribution in [0.2, 0.25) is 0 Å². The van der Waals surface area contributed by atoms with Crippen LogP contribution in [0.4, 0.5) is 11.6 Å². The van der Waals surface area contributed by atoms with Gasteiger partial charge in [-0.2, -0.15) is 0 Å². The second-order valence-corrected chi connectivity index (χ2v) is 10.9. The van der Waals surface area contributed by atoms with E-state index in [-0.39, 0.29) is 0 Å². The lowest BCUT2D eigenvalue weighted by Crippen LogP contribution is -2.31. The van der Waals surface area contributed by atoms with Crippen molar-refractivity contribution in [2.45, 2.75) is 32.8 Å². The van der Waals surface area contributed by atoms with Crippen molar-refractivity contribution >= 4 is 11.6 Å². The highest BCUT2D eigenvalue weighted by atomic mass is 16.5. The van der Waals surface area contributed by atoms with Gasteiger partial charge in [0.2, 0.25) is 0 Å². The van der Waals surface area contributed by atoms with E-state index >= 15 is 0 Å². The summed E-state index contributed by atoms with van der Waals surface area (Å²) in [6, 6.07) is 21.5. The van der Waals surface area contributed by atoms with Crippen molar-refractivity contribution < 1.29 is 18.9 Å². The predicted molar refractivity (Wildman–Crippen MR) is 171 cm³/mol. The summed E-state index contributed by atoms with van der Waals surface area (Å²) >= 11 is 0. The second kappa shape index (κ2) is 15.1. The third kappa shape index (κ3) is 7.97. The molecule has 226 valence electrons. The molecule has 4 aromatic rings. The molecule has 2 aromatic carbocycles. The molecule has 0 unspecified atom stereocenters. The molecule has 2 aromatic heterocycles. The summed E-state index contributed by atoms with van der Waals surface area (Å²) in [5.41, 5.74) is 8.92. The first-order valence-electron chi connectivity index (χ1n) is 14.7. The van der Waals surface area contributed by atoms with Gasteiger partial charge in [0.25, 0.3) is 0 Å². The molecule has 1 saturated heterocycles. The minimum Gasteiger partial charge on any atom is -0.380 e. The van der Waals surface area contributed by atoms with Gasteiger partial charge in [0, 0.05) is 78.1 Å². The van der Waals surface area contributed by atoms with Gasteiger partial charge in [0.1, 0.15) is 11.6 Å². The molecule has 1 aliphatic rings. The SMILES string of the molecule is COCc1cc(COC)cc(-c2ccc(N3CCCN(c4ccc(-c5cc(COC)cc(COC)c5)cn4)CC3)nc2)c1. The molecule has 8 heteroatoms. The van der Waals surface area contributed by atoms with Gasteiger partial charge in [-0.15, -0.1) is 0 Å². The van der Waals surface area contributed by atoms with Crippen LogP contribution in [0, 0.1) is 0 Å². The lowest BCUT2D eigenvalue weighted by atomic mass is 10.0. The Morgan fingerprint density at radius 2 is 0.860 bits per heavy atom. The number of ether oxygens (including phenoxy) is 4. The molecule has 1 aliphatic heterocycles. The zero-order chi connectivity index (χ0) is 30.0. The zero-order valence-corrected chi connectivity index (χ0v) is 25.7. The molecule has 0 saturated carbocycles. The summed E-state index contributed by atoms with van der Waals surface area (Å²) in [6.07, 6.45) is 4.98. The molecule has 0 aliphatic carbocycles. The van der Waals surface area contributed by atoms with E-state index < -0.39 is 0 Å². The molecular formula is C35H42N4O4. The van der Waals surface area contributed by atoms with Crippen LogP contribution < -0.4 is 9.80 Å². The van der Waals surface area contributed by atoms with Crippen LogP contribution in [0.15, 0.2) is 73.1 Å². The summed E-state index contributed by atoms with van der Waals surface area (Å²) in [6.45, 7) is 5.94. The zero-order valence-electron chi connectivity index (χ0n) is 25.7. The molecular weight excluding hydrogens is 540 g/mol. The highest BCUT2D eigenvalue weighted by Crippen LogP contribution is 2.27. The summed E-state index contributed by atoms with van der Waals surface area (Å²) in [7, 11) is 6.87. The summed E-state index contributed by atoms with van der Waals surface area (Å²) < 4.78 is 21.5. The van der Waals surface area contributed by atoms with Crippen LogP contribution in [0.5, 0.6) is 0 Å². The van der Waals surface area contributed by atoms with Gasteiger partial charge in [-0.25, -0.2) is 9.97 Å². The molecule has 0 amide bonds. The molecule has 0 bridgehead atoms. The molecule has 1 fully saturated rings. The molecule has 0 N–H and O–H groups in total. The van der Waals surface area contributed by atoms with E-state index in [1.807, 2.05) is 12.4 Å². The Morgan fingerprint density at radius 1 is 0.488 bits per heavy atom. The maximum Gasteiger partial charge on any atom is 0.128 e. The second-order valence-electron chi connectivity index (χ2n) is 10.9. The minimum absolute atomic E-state index is 0.564. The van der Waals surface area contributed by atoms with Crippen molar-refractivity contribution in [3.05, 3.63) is 95.3 Å². The first-order valence-corrected chi connectivity index (χ1v) is 14.7. The van der Waals surface area contributed by atoms with Crippen LogP contribution in [-0.4, -0.2) is 64.6 Å². The van der Waals surface area contributed by atoms with Gasteiger partial charge in [-0.3, -0.25) is 0 Å². The molecule has 43 heavy (non-hydrogen) atoms. The summed E-state index contributed by atoms with van der Waals surface area (Å²) in [4.78, 5) is 14.5.